The SMILES string of the molecule is COc1cc(/C=N\NC(=O)c2ccccc2O)ccc1OCc1ccccc1. The van der Waals surface area contributed by atoms with Crippen LogP contribution in [0.5, 0.6) is 17.2 Å². The Labute approximate surface area is 163 Å². The highest BCUT2D eigenvalue weighted by Gasteiger charge is 2.09. The van der Waals surface area contributed by atoms with Crippen molar-refractivity contribution >= 4 is 12.1 Å². The van der Waals surface area contributed by atoms with Gasteiger partial charge in [0.05, 0.1) is 18.9 Å². The van der Waals surface area contributed by atoms with E-state index in [2.05, 4.69) is 10.5 Å². The van der Waals surface area contributed by atoms with Gasteiger partial charge in [-0.3, -0.25) is 4.79 Å². The zero-order valence-corrected chi connectivity index (χ0v) is 15.3. The Morgan fingerprint density at radius 2 is 1.79 bits per heavy atom. The molecule has 0 unspecified atom stereocenters. The van der Waals surface area contributed by atoms with Crippen LogP contribution in [0.1, 0.15) is 21.5 Å². The molecule has 0 aromatic heterocycles. The van der Waals surface area contributed by atoms with Gasteiger partial charge in [0.2, 0.25) is 0 Å². The number of carbonyl (C=O) groups excluding carboxylic acids is 1. The number of hydrogen-bond acceptors (Lipinski definition) is 5. The van der Waals surface area contributed by atoms with Crippen LogP contribution in [0.4, 0.5) is 0 Å². The first-order valence-corrected chi connectivity index (χ1v) is 8.63. The number of phenolic OH excluding ortho intramolecular Hbond substituents is 1. The minimum Gasteiger partial charge on any atom is -0.507 e. The topological polar surface area (TPSA) is 80.2 Å². The van der Waals surface area contributed by atoms with E-state index in [0.29, 0.717) is 18.1 Å². The van der Waals surface area contributed by atoms with Crippen LogP contribution in [0.25, 0.3) is 0 Å². The summed E-state index contributed by atoms with van der Waals surface area (Å²) < 4.78 is 11.2. The summed E-state index contributed by atoms with van der Waals surface area (Å²) in [5.41, 5.74) is 4.32. The lowest BCUT2D eigenvalue weighted by atomic mass is 10.2. The molecule has 6 heteroatoms. The normalized spacial score (nSPS) is 10.6. The minimum atomic E-state index is -0.496. The predicted molar refractivity (Wildman–Crippen MR) is 107 cm³/mol. The molecule has 3 aromatic rings. The van der Waals surface area contributed by atoms with Crippen molar-refractivity contribution in [3.05, 3.63) is 89.5 Å². The van der Waals surface area contributed by atoms with E-state index >= 15 is 0 Å². The first-order valence-electron chi connectivity index (χ1n) is 8.63. The molecule has 0 heterocycles. The van der Waals surface area contributed by atoms with E-state index in [9.17, 15) is 9.90 Å². The van der Waals surface area contributed by atoms with Gasteiger partial charge in [-0.05, 0) is 41.5 Å². The van der Waals surface area contributed by atoms with Crippen molar-refractivity contribution < 1.29 is 19.4 Å². The molecule has 0 aliphatic rings. The standard InChI is InChI=1S/C22H20N2O4/c1-27-21-13-17(11-12-20(21)28-15-16-7-3-2-4-8-16)14-23-24-22(26)18-9-5-6-10-19(18)25/h2-14,25H,15H2,1H3,(H,24,26)/b23-14-. The molecule has 3 aromatic carbocycles. The summed E-state index contributed by atoms with van der Waals surface area (Å²) in [6.07, 6.45) is 1.49. The second-order valence-electron chi connectivity index (χ2n) is 5.90. The molecule has 0 fully saturated rings. The number of nitrogens with one attached hydrogen (secondary N) is 1. The molecule has 0 atom stereocenters. The van der Waals surface area contributed by atoms with E-state index in [0.717, 1.165) is 11.1 Å². The van der Waals surface area contributed by atoms with E-state index in [1.807, 2.05) is 30.3 Å². The van der Waals surface area contributed by atoms with Crippen molar-refractivity contribution in [3.8, 4) is 17.2 Å². The fourth-order valence-electron chi connectivity index (χ4n) is 2.51. The second-order valence-corrected chi connectivity index (χ2v) is 5.90. The van der Waals surface area contributed by atoms with Crippen molar-refractivity contribution in [2.75, 3.05) is 7.11 Å². The molecule has 142 valence electrons. The highest BCUT2D eigenvalue weighted by Crippen LogP contribution is 2.28. The van der Waals surface area contributed by atoms with Crippen molar-refractivity contribution in [1.82, 2.24) is 5.43 Å². The lowest BCUT2D eigenvalue weighted by molar-refractivity contribution is 0.0952. The lowest BCUT2D eigenvalue weighted by Crippen LogP contribution is -2.17. The van der Waals surface area contributed by atoms with Crippen LogP contribution >= 0.6 is 0 Å². The van der Waals surface area contributed by atoms with Crippen LogP contribution in [0, 0.1) is 0 Å². The Kier molecular flexibility index (Phi) is 6.25. The molecule has 0 saturated carbocycles. The maximum Gasteiger partial charge on any atom is 0.275 e. The molecule has 0 aliphatic heterocycles. The van der Waals surface area contributed by atoms with Gasteiger partial charge >= 0.3 is 0 Å². The minimum absolute atomic E-state index is 0.100. The van der Waals surface area contributed by atoms with E-state index in [-0.39, 0.29) is 11.3 Å². The number of ether oxygens (including phenoxy) is 2. The third kappa shape index (κ3) is 4.88. The smallest absolute Gasteiger partial charge is 0.275 e. The molecule has 1 amide bonds. The molecule has 3 rings (SSSR count). The van der Waals surface area contributed by atoms with E-state index < -0.39 is 5.91 Å². The number of hydrogen-bond donors (Lipinski definition) is 2. The Morgan fingerprint density at radius 1 is 1.04 bits per heavy atom. The molecule has 6 nitrogen and oxygen atoms in total. The quantitative estimate of drug-likeness (QED) is 0.486. The van der Waals surface area contributed by atoms with Gasteiger partial charge in [-0.2, -0.15) is 5.10 Å². The molecule has 0 bridgehead atoms. The van der Waals surface area contributed by atoms with Gasteiger partial charge in [-0.25, -0.2) is 5.43 Å². The number of hydrazone groups is 1. The second kappa shape index (κ2) is 9.23. The number of nitrogens with zero attached hydrogens (tertiary/aromatic N) is 1. The molecule has 0 radical (unpaired) electrons. The number of para-hydroxylation sites is 1. The van der Waals surface area contributed by atoms with Crippen LogP contribution in [0.3, 0.4) is 0 Å². The van der Waals surface area contributed by atoms with Crippen molar-refractivity contribution in [3.63, 3.8) is 0 Å². The van der Waals surface area contributed by atoms with Gasteiger partial charge in [0, 0.05) is 0 Å². The first kappa shape index (κ1) is 19.0. The van der Waals surface area contributed by atoms with Gasteiger partial charge < -0.3 is 14.6 Å². The summed E-state index contributed by atoms with van der Waals surface area (Å²) in [5, 5.41) is 13.6. The van der Waals surface area contributed by atoms with Crippen molar-refractivity contribution in [2.24, 2.45) is 5.10 Å². The summed E-state index contributed by atoms with van der Waals surface area (Å²) in [4.78, 5) is 12.0. The summed E-state index contributed by atoms with van der Waals surface area (Å²) in [7, 11) is 1.56. The molecule has 0 saturated heterocycles. The fraction of sp³-hybridized carbons (Fsp3) is 0.0909. The number of carbonyl (C=O) groups is 1. The van der Waals surface area contributed by atoms with Crippen LogP contribution in [-0.4, -0.2) is 24.3 Å². The van der Waals surface area contributed by atoms with E-state index in [1.54, 1.807) is 37.4 Å². The molecule has 28 heavy (non-hydrogen) atoms. The van der Waals surface area contributed by atoms with E-state index in [4.69, 9.17) is 9.47 Å². The Balaban J connectivity index is 1.63. The van der Waals surface area contributed by atoms with Crippen LogP contribution in [0.15, 0.2) is 77.9 Å². The third-order valence-corrected chi connectivity index (χ3v) is 3.95. The summed E-state index contributed by atoms with van der Waals surface area (Å²) in [6, 6.07) is 21.5. The summed E-state index contributed by atoms with van der Waals surface area (Å²) >= 11 is 0. The monoisotopic (exact) mass is 376 g/mol. The van der Waals surface area contributed by atoms with Crippen molar-refractivity contribution in [2.45, 2.75) is 6.61 Å². The van der Waals surface area contributed by atoms with Gasteiger partial charge in [0.1, 0.15) is 12.4 Å². The first-order chi connectivity index (χ1) is 13.7. The molecule has 0 aliphatic carbocycles. The third-order valence-electron chi connectivity index (χ3n) is 3.95. The van der Waals surface area contributed by atoms with Crippen LogP contribution < -0.4 is 14.9 Å². The Bertz CT molecular complexity index is 971. The van der Waals surface area contributed by atoms with Crippen LogP contribution in [0.2, 0.25) is 0 Å². The maximum absolute atomic E-state index is 12.0. The van der Waals surface area contributed by atoms with E-state index in [1.165, 1.54) is 18.3 Å². The lowest BCUT2D eigenvalue weighted by Gasteiger charge is -2.11. The number of benzene rings is 3. The largest absolute Gasteiger partial charge is 0.507 e. The summed E-state index contributed by atoms with van der Waals surface area (Å²) in [5.74, 6) is 0.578. The number of amides is 1. The van der Waals surface area contributed by atoms with Gasteiger partial charge in [0.15, 0.2) is 11.5 Å². The van der Waals surface area contributed by atoms with Gasteiger partial charge in [-0.1, -0.05) is 42.5 Å². The Morgan fingerprint density at radius 3 is 2.54 bits per heavy atom. The molecular formula is C22H20N2O4. The van der Waals surface area contributed by atoms with Gasteiger partial charge in [0.25, 0.3) is 5.91 Å². The maximum atomic E-state index is 12.0. The number of methoxy groups -OCH3 is 1. The highest BCUT2D eigenvalue weighted by atomic mass is 16.5. The number of rotatable bonds is 7. The number of phenols is 1. The zero-order chi connectivity index (χ0) is 19.8. The zero-order valence-electron chi connectivity index (χ0n) is 15.3. The average molecular weight is 376 g/mol. The number of aromatic hydroxyl groups is 1. The highest BCUT2D eigenvalue weighted by molar-refractivity contribution is 5.97. The predicted octanol–water partition coefficient (Wildman–Crippen LogP) is 3.74. The van der Waals surface area contributed by atoms with Crippen molar-refractivity contribution in [1.29, 1.82) is 0 Å². The molecular weight excluding hydrogens is 356 g/mol. The molecule has 2 N–H and O–H groups in total. The summed E-state index contributed by atoms with van der Waals surface area (Å²) in [6.45, 7) is 0.432. The Hall–Kier alpha value is -3.80. The fourth-order valence-corrected chi connectivity index (χ4v) is 2.51. The van der Waals surface area contributed by atoms with Gasteiger partial charge in [-0.15, -0.1) is 0 Å². The van der Waals surface area contributed by atoms with Crippen LogP contribution in [-0.2, 0) is 6.61 Å². The molecule has 0 spiro atoms. The average Bonchev–Trinajstić information content (AvgIpc) is 2.73.